The van der Waals surface area contributed by atoms with Crippen LogP contribution in [0.1, 0.15) is 74.9 Å². The highest BCUT2D eigenvalue weighted by Crippen LogP contribution is 2.59. The molecule has 0 fully saturated rings. The lowest BCUT2D eigenvalue weighted by Crippen LogP contribution is -2.20. The van der Waals surface area contributed by atoms with E-state index in [0.29, 0.717) is 0 Å². The number of hydrogen-bond donors (Lipinski definition) is 0. The van der Waals surface area contributed by atoms with Crippen LogP contribution >= 0.6 is 0 Å². The molecule has 13 rings (SSSR count). The van der Waals surface area contributed by atoms with E-state index in [4.69, 9.17) is 0 Å². The van der Waals surface area contributed by atoms with Crippen LogP contribution in [0.3, 0.4) is 0 Å². The third-order valence-corrected chi connectivity index (χ3v) is 16.3. The lowest BCUT2D eigenvalue weighted by Gasteiger charge is -2.31. The Balaban J connectivity index is 0.954. The largest absolute Gasteiger partial charge is 0.310 e. The van der Waals surface area contributed by atoms with Crippen LogP contribution in [0.15, 0.2) is 248 Å². The van der Waals surface area contributed by atoms with Gasteiger partial charge in [-0.15, -0.1) is 5.73 Å². The van der Waals surface area contributed by atoms with Crippen LogP contribution in [-0.4, -0.2) is 0 Å². The molecular formula is C70H56N2. The second kappa shape index (κ2) is 16.3. The standard InChI is InChI=1S/C70H56N2/c1-68(2)59-32-18-16-30-54(59)56-41-40-52(43-62(56)68)72(49-26-14-9-15-27-49)66-35-21-33-60-67(66)58-45-63-57(44-64(58)69(60,3)4)55-31-20-28-51(42-61(55)70(63,5)6)71(50-38-36-47(37-39-50)46-22-10-7-11-23-46)65-34-19-17-29-53(65)48-24-12-8-13-25-48/h7-19,21-45H,1-6H3. The first kappa shape index (κ1) is 43.6. The smallest absolute Gasteiger partial charge is 0.0543 e. The van der Waals surface area contributed by atoms with E-state index in [9.17, 15) is 0 Å². The summed E-state index contributed by atoms with van der Waals surface area (Å²) in [5.74, 6) is 0. The van der Waals surface area contributed by atoms with Crippen molar-refractivity contribution in [1.82, 2.24) is 0 Å². The molecule has 0 atom stereocenters. The molecule has 4 aliphatic carbocycles. The predicted molar refractivity (Wildman–Crippen MR) is 303 cm³/mol. The summed E-state index contributed by atoms with van der Waals surface area (Å²) in [6.45, 7) is 14.4. The fourth-order valence-corrected chi connectivity index (χ4v) is 12.5. The SMILES string of the molecule is CC1(C)C2=C(C=C=CC(N(c3ccc(-c4ccccc4)cc3)c3ccccc3-c3ccccc3)=C2)c2cc3c(cc21)-c1c(N(c2ccccc2)c2ccc4c(c2)C(C)(C)c2ccccc2-4)cccc1C3(C)C. The van der Waals surface area contributed by atoms with Crippen molar-refractivity contribution in [2.75, 3.05) is 9.80 Å². The minimum Gasteiger partial charge on any atom is -0.310 e. The Morgan fingerprint density at radius 3 is 1.61 bits per heavy atom. The second-order valence-corrected chi connectivity index (χ2v) is 21.4. The molecule has 9 aromatic rings. The maximum absolute atomic E-state index is 3.73. The van der Waals surface area contributed by atoms with Gasteiger partial charge in [0.25, 0.3) is 0 Å². The zero-order valence-corrected chi connectivity index (χ0v) is 41.8. The summed E-state index contributed by atoms with van der Waals surface area (Å²) in [5.41, 5.74) is 30.4. The Hall–Kier alpha value is -8.42. The molecule has 0 spiro atoms. The summed E-state index contributed by atoms with van der Waals surface area (Å²) in [7, 11) is 0. The zero-order valence-electron chi connectivity index (χ0n) is 41.8. The van der Waals surface area contributed by atoms with Gasteiger partial charge in [-0.3, -0.25) is 0 Å². The summed E-state index contributed by atoms with van der Waals surface area (Å²) >= 11 is 0. The third kappa shape index (κ3) is 6.63. The molecule has 0 aromatic heterocycles. The summed E-state index contributed by atoms with van der Waals surface area (Å²) in [6.07, 6.45) is 6.86. The van der Waals surface area contributed by atoms with Crippen molar-refractivity contribution >= 4 is 34.0 Å². The minimum absolute atomic E-state index is 0.123. The van der Waals surface area contributed by atoms with Gasteiger partial charge < -0.3 is 9.80 Å². The fraction of sp³-hybridized carbons (Fsp3) is 0.129. The van der Waals surface area contributed by atoms with Crippen molar-refractivity contribution in [2.45, 2.75) is 57.8 Å². The van der Waals surface area contributed by atoms with Gasteiger partial charge in [-0.2, -0.15) is 0 Å². The first-order chi connectivity index (χ1) is 35.0. The van der Waals surface area contributed by atoms with Gasteiger partial charge in [0, 0.05) is 50.5 Å². The van der Waals surface area contributed by atoms with Crippen LogP contribution in [0.2, 0.25) is 0 Å². The summed E-state index contributed by atoms with van der Waals surface area (Å²) in [5, 5.41) is 0. The molecule has 0 N–H and O–H groups in total. The number of fused-ring (bicyclic) bond motifs is 8. The van der Waals surface area contributed by atoms with Gasteiger partial charge in [0.1, 0.15) is 0 Å². The van der Waals surface area contributed by atoms with Gasteiger partial charge >= 0.3 is 0 Å². The van der Waals surface area contributed by atoms with Crippen LogP contribution in [0, 0.1) is 0 Å². The van der Waals surface area contributed by atoms with Crippen molar-refractivity contribution in [3.8, 4) is 44.5 Å². The fourth-order valence-electron chi connectivity index (χ4n) is 12.5. The molecule has 2 heteroatoms. The first-order valence-electron chi connectivity index (χ1n) is 25.4. The molecule has 9 aromatic carbocycles. The second-order valence-electron chi connectivity index (χ2n) is 21.4. The zero-order chi connectivity index (χ0) is 48.9. The summed E-state index contributed by atoms with van der Waals surface area (Å²) in [6, 6.07) is 78.3. The predicted octanol–water partition coefficient (Wildman–Crippen LogP) is 18.6. The number of allylic oxidation sites excluding steroid dienone is 4. The Kier molecular flexibility index (Phi) is 9.88. The Morgan fingerprint density at radius 2 is 0.861 bits per heavy atom. The van der Waals surface area contributed by atoms with Gasteiger partial charge in [-0.25, -0.2) is 0 Å². The lowest BCUT2D eigenvalue weighted by atomic mass is 9.78. The molecule has 0 aliphatic heterocycles. The van der Waals surface area contributed by atoms with E-state index < -0.39 is 0 Å². The molecule has 0 saturated carbocycles. The molecular weight excluding hydrogens is 869 g/mol. The van der Waals surface area contributed by atoms with E-state index in [2.05, 4.69) is 288 Å². The molecule has 2 nitrogen and oxygen atoms in total. The van der Waals surface area contributed by atoms with Crippen molar-refractivity contribution in [1.29, 1.82) is 0 Å². The van der Waals surface area contributed by atoms with Crippen LogP contribution in [0.4, 0.5) is 28.4 Å². The van der Waals surface area contributed by atoms with Crippen molar-refractivity contribution < 1.29 is 0 Å². The average molecular weight is 925 g/mol. The van der Waals surface area contributed by atoms with Gasteiger partial charge in [0.15, 0.2) is 0 Å². The highest BCUT2D eigenvalue weighted by molar-refractivity contribution is 5.99. The average Bonchev–Trinajstić information content (AvgIpc) is 3.75. The number of rotatable bonds is 8. The minimum atomic E-state index is -0.329. The monoisotopic (exact) mass is 924 g/mol. The number of hydrogen-bond acceptors (Lipinski definition) is 2. The molecule has 0 bridgehead atoms. The van der Waals surface area contributed by atoms with Crippen LogP contribution in [0.25, 0.3) is 50.1 Å². The van der Waals surface area contributed by atoms with E-state index in [1.165, 1.54) is 94.7 Å². The number of benzene rings is 9. The molecule has 0 saturated heterocycles. The first-order valence-corrected chi connectivity index (χ1v) is 25.4. The molecule has 0 unspecified atom stereocenters. The van der Waals surface area contributed by atoms with Crippen LogP contribution < -0.4 is 9.80 Å². The molecule has 72 heavy (non-hydrogen) atoms. The van der Waals surface area contributed by atoms with E-state index in [1.54, 1.807) is 0 Å². The van der Waals surface area contributed by atoms with Crippen LogP contribution in [0.5, 0.6) is 0 Å². The molecule has 0 heterocycles. The topological polar surface area (TPSA) is 6.48 Å². The van der Waals surface area contributed by atoms with E-state index in [-0.39, 0.29) is 16.2 Å². The molecule has 4 aliphatic rings. The van der Waals surface area contributed by atoms with Crippen molar-refractivity contribution in [3.05, 3.63) is 281 Å². The maximum Gasteiger partial charge on any atom is 0.0543 e. The Morgan fingerprint density at radius 1 is 0.333 bits per heavy atom. The normalized spacial score (nSPS) is 15.7. The number of para-hydroxylation sites is 2. The highest BCUT2D eigenvalue weighted by atomic mass is 15.2. The number of nitrogens with zero attached hydrogens (tertiary/aromatic N) is 2. The Labute approximate surface area is 424 Å². The molecule has 0 amide bonds. The summed E-state index contributed by atoms with van der Waals surface area (Å²) < 4.78 is 0. The van der Waals surface area contributed by atoms with E-state index >= 15 is 0 Å². The van der Waals surface area contributed by atoms with Crippen LogP contribution in [-0.2, 0) is 16.2 Å². The Bertz CT molecular complexity index is 3780. The summed E-state index contributed by atoms with van der Waals surface area (Å²) in [4.78, 5) is 4.93. The molecule has 0 radical (unpaired) electrons. The quantitative estimate of drug-likeness (QED) is 0.140. The van der Waals surface area contributed by atoms with Gasteiger partial charge in [0.05, 0.1) is 17.1 Å². The maximum atomic E-state index is 3.73. The van der Waals surface area contributed by atoms with E-state index in [0.717, 1.165) is 28.4 Å². The van der Waals surface area contributed by atoms with Crippen molar-refractivity contribution in [2.24, 2.45) is 0 Å². The number of anilines is 5. The van der Waals surface area contributed by atoms with Gasteiger partial charge in [-0.1, -0.05) is 193 Å². The van der Waals surface area contributed by atoms with Gasteiger partial charge in [0.2, 0.25) is 0 Å². The van der Waals surface area contributed by atoms with Gasteiger partial charge in [-0.05, 0) is 151 Å². The molecule has 346 valence electrons. The highest BCUT2D eigenvalue weighted by Gasteiger charge is 2.44. The van der Waals surface area contributed by atoms with E-state index in [1.807, 2.05) is 0 Å². The third-order valence-electron chi connectivity index (χ3n) is 16.3. The lowest BCUT2D eigenvalue weighted by molar-refractivity contribution is 0.646. The van der Waals surface area contributed by atoms with Crippen molar-refractivity contribution in [3.63, 3.8) is 0 Å².